The molecule has 0 unspecified atom stereocenters. The predicted octanol–water partition coefficient (Wildman–Crippen LogP) is 4.17. The Hall–Kier alpha value is -2.16. The molecule has 0 spiro atoms. The number of methoxy groups -OCH3 is 1. The van der Waals surface area contributed by atoms with Gasteiger partial charge < -0.3 is 14.8 Å². The van der Waals surface area contributed by atoms with E-state index in [2.05, 4.69) is 21.2 Å². The molecular formula is C18H12BrNO4S2. The Morgan fingerprint density at radius 1 is 1.23 bits per heavy atom. The van der Waals surface area contributed by atoms with Crippen LogP contribution in [-0.4, -0.2) is 23.3 Å². The third-order valence-electron chi connectivity index (χ3n) is 3.42. The molecule has 0 saturated carbocycles. The van der Waals surface area contributed by atoms with Crippen molar-refractivity contribution < 1.29 is 19.1 Å². The van der Waals surface area contributed by atoms with Gasteiger partial charge in [0.15, 0.2) is 11.5 Å². The summed E-state index contributed by atoms with van der Waals surface area (Å²) in [7, 11) is 1.48. The van der Waals surface area contributed by atoms with Gasteiger partial charge in [-0.25, -0.2) is 4.79 Å². The highest BCUT2D eigenvalue weighted by Gasteiger charge is 2.22. The second-order valence-corrected chi connectivity index (χ2v) is 7.71. The molecule has 2 aromatic rings. The minimum atomic E-state index is -0.502. The molecule has 0 atom stereocenters. The third-order valence-corrected chi connectivity index (χ3v) is 5.28. The summed E-state index contributed by atoms with van der Waals surface area (Å²) in [6, 6.07) is 12.0. The van der Waals surface area contributed by atoms with Gasteiger partial charge in [-0.1, -0.05) is 42.2 Å². The molecule has 1 heterocycles. The van der Waals surface area contributed by atoms with Gasteiger partial charge in [0.1, 0.15) is 4.32 Å². The number of carbonyl (C=O) groups excluding carboxylic acids is 2. The van der Waals surface area contributed by atoms with E-state index in [0.717, 1.165) is 5.56 Å². The number of thiocarbonyl (C=S) groups is 1. The van der Waals surface area contributed by atoms with Crippen LogP contribution in [0.25, 0.3) is 6.08 Å². The number of thioether (sulfide) groups is 1. The molecule has 3 rings (SSSR count). The highest BCUT2D eigenvalue weighted by atomic mass is 79.9. The average molecular weight is 450 g/mol. The van der Waals surface area contributed by atoms with E-state index in [9.17, 15) is 9.59 Å². The summed E-state index contributed by atoms with van der Waals surface area (Å²) in [6.07, 6.45) is 1.70. The van der Waals surface area contributed by atoms with Crippen LogP contribution in [0.15, 0.2) is 51.8 Å². The first-order valence-electron chi connectivity index (χ1n) is 7.37. The Morgan fingerprint density at radius 2 is 2.00 bits per heavy atom. The van der Waals surface area contributed by atoms with Gasteiger partial charge in [-0.3, -0.25) is 4.79 Å². The van der Waals surface area contributed by atoms with E-state index in [-0.39, 0.29) is 11.7 Å². The standard InChI is InChI=1S/C18H12BrNO4S2/c1-23-14-8-10(9-15-16(21)20-18(25)26-15)6-7-13(14)24-17(22)11-4-2-3-5-12(11)19/h2-9H,1H3,(H,20,21,25)/b15-9-. The molecule has 1 saturated heterocycles. The van der Waals surface area contributed by atoms with Crippen molar-refractivity contribution in [2.75, 3.05) is 7.11 Å². The molecule has 132 valence electrons. The van der Waals surface area contributed by atoms with Gasteiger partial charge in [-0.15, -0.1) is 0 Å². The lowest BCUT2D eigenvalue weighted by Gasteiger charge is -2.11. The maximum absolute atomic E-state index is 12.4. The Balaban J connectivity index is 1.85. The van der Waals surface area contributed by atoms with Crippen molar-refractivity contribution in [1.82, 2.24) is 5.32 Å². The minimum absolute atomic E-state index is 0.233. The van der Waals surface area contributed by atoms with Crippen LogP contribution in [0.5, 0.6) is 11.5 Å². The Kier molecular flexibility index (Phi) is 5.75. The van der Waals surface area contributed by atoms with Crippen LogP contribution in [0.2, 0.25) is 0 Å². The van der Waals surface area contributed by atoms with E-state index in [1.165, 1.54) is 18.9 Å². The summed E-state index contributed by atoms with van der Waals surface area (Å²) in [4.78, 5) is 24.6. The molecule has 26 heavy (non-hydrogen) atoms. The fourth-order valence-corrected chi connectivity index (χ4v) is 3.70. The SMILES string of the molecule is COc1cc(/C=C2\SC(=S)NC2=O)ccc1OC(=O)c1ccccc1Br. The molecule has 8 heteroatoms. The van der Waals surface area contributed by atoms with E-state index in [0.29, 0.717) is 25.0 Å². The number of hydrogen-bond acceptors (Lipinski definition) is 6. The lowest BCUT2D eigenvalue weighted by atomic mass is 10.2. The summed E-state index contributed by atoms with van der Waals surface area (Å²) in [5.41, 5.74) is 1.14. The van der Waals surface area contributed by atoms with Gasteiger partial charge in [0, 0.05) is 4.47 Å². The molecule has 1 amide bonds. The molecule has 0 aromatic heterocycles. The minimum Gasteiger partial charge on any atom is -0.493 e. The van der Waals surface area contributed by atoms with Gasteiger partial charge in [-0.05, 0) is 51.8 Å². The summed E-state index contributed by atoms with van der Waals surface area (Å²) in [5.74, 6) is -0.0680. The number of esters is 1. The number of halogens is 1. The molecule has 1 N–H and O–H groups in total. The maximum Gasteiger partial charge on any atom is 0.344 e. The molecule has 1 fully saturated rings. The third kappa shape index (κ3) is 4.14. The highest BCUT2D eigenvalue weighted by molar-refractivity contribution is 9.10. The molecule has 1 aliphatic heterocycles. The molecule has 0 bridgehead atoms. The highest BCUT2D eigenvalue weighted by Crippen LogP contribution is 2.32. The van der Waals surface area contributed by atoms with Crippen molar-refractivity contribution in [2.24, 2.45) is 0 Å². The van der Waals surface area contributed by atoms with Crippen LogP contribution < -0.4 is 14.8 Å². The first-order chi connectivity index (χ1) is 12.5. The summed E-state index contributed by atoms with van der Waals surface area (Å²) in [6.45, 7) is 0. The lowest BCUT2D eigenvalue weighted by molar-refractivity contribution is -0.115. The summed E-state index contributed by atoms with van der Waals surface area (Å²) >= 11 is 9.49. The quantitative estimate of drug-likeness (QED) is 0.327. The van der Waals surface area contributed by atoms with Crippen molar-refractivity contribution in [3.05, 3.63) is 63.0 Å². The topological polar surface area (TPSA) is 64.6 Å². The van der Waals surface area contributed by atoms with E-state index in [4.69, 9.17) is 21.7 Å². The first kappa shape index (κ1) is 18.6. The molecule has 5 nitrogen and oxygen atoms in total. The number of ether oxygens (including phenoxy) is 2. The van der Waals surface area contributed by atoms with Crippen molar-refractivity contribution in [2.45, 2.75) is 0 Å². The van der Waals surface area contributed by atoms with E-state index in [1.54, 1.807) is 42.5 Å². The number of benzene rings is 2. The zero-order valence-corrected chi connectivity index (χ0v) is 16.7. The van der Waals surface area contributed by atoms with Crippen LogP contribution >= 0.6 is 39.9 Å². The Bertz CT molecular complexity index is 943. The maximum atomic E-state index is 12.4. The van der Waals surface area contributed by atoms with Crippen molar-refractivity contribution >= 4 is 62.2 Å². The predicted molar refractivity (Wildman–Crippen MR) is 108 cm³/mol. The van der Waals surface area contributed by atoms with E-state index < -0.39 is 5.97 Å². The number of amides is 1. The van der Waals surface area contributed by atoms with E-state index in [1.807, 2.05) is 6.07 Å². The molecule has 2 aromatic carbocycles. The van der Waals surface area contributed by atoms with Crippen LogP contribution in [0.3, 0.4) is 0 Å². The fourth-order valence-electron chi connectivity index (χ4n) is 2.21. The van der Waals surface area contributed by atoms with Crippen LogP contribution in [0.1, 0.15) is 15.9 Å². The number of carbonyl (C=O) groups is 2. The Morgan fingerprint density at radius 3 is 2.65 bits per heavy atom. The van der Waals surface area contributed by atoms with E-state index >= 15 is 0 Å². The molecule has 1 aliphatic rings. The fraction of sp³-hybridized carbons (Fsp3) is 0.0556. The molecular weight excluding hydrogens is 438 g/mol. The number of nitrogens with one attached hydrogen (secondary N) is 1. The average Bonchev–Trinajstić information content (AvgIpc) is 2.93. The van der Waals surface area contributed by atoms with Gasteiger partial charge in [-0.2, -0.15) is 0 Å². The van der Waals surface area contributed by atoms with Crippen LogP contribution in [-0.2, 0) is 4.79 Å². The van der Waals surface area contributed by atoms with Gasteiger partial charge >= 0.3 is 5.97 Å². The molecule has 0 aliphatic carbocycles. The van der Waals surface area contributed by atoms with Crippen LogP contribution in [0.4, 0.5) is 0 Å². The summed E-state index contributed by atoms with van der Waals surface area (Å²) < 4.78 is 11.8. The zero-order chi connectivity index (χ0) is 18.7. The largest absolute Gasteiger partial charge is 0.493 e. The number of rotatable bonds is 4. The second kappa shape index (κ2) is 8.03. The Labute approximate surface area is 167 Å². The molecule has 0 radical (unpaired) electrons. The van der Waals surface area contributed by atoms with Crippen molar-refractivity contribution in [3.8, 4) is 11.5 Å². The smallest absolute Gasteiger partial charge is 0.344 e. The number of hydrogen-bond donors (Lipinski definition) is 1. The summed E-state index contributed by atoms with van der Waals surface area (Å²) in [5, 5.41) is 2.56. The lowest BCUT2D eigenvalue weighted by Crippen LogP contribution is -2.17. The van der Waals surface area contributed by atoms with Gasteiger partial charge in [0.25, 0.3) is 5.91 Å². The van der Waals surface area contributed by atoms with Gasteiger partial charge in [0.2, 0.25) is 0 Å². The van der Waals surface area contributed by atoms with Gasteiger partial charge in [0.05, 0.1) is 17.6 Å². The van der Waals surface area contributed by atoms with Crippen molar-refractivity contribution in [3.63, 3.8) is 0 Å². The second-order valence-electron chi connectivity index (χ2n) is 5.13. The first-order valence-corrected chi connectivity index (χ1v) is 9.39. The normalized spacial score (nSPS) is 15.1. The van der Waals surface area contributed by atoms with Crippen molar-refractivity contribution in [1.29, 1.82) is 0 Å². The monoisotopic (exact) mass is 449 g/mol. The van der Waals surface area contributed by atoms with Crippen LogP contribution in [0, 0.1) is 0 Å². The zero-order valence-electron chi connectivity index (χ0n) is 13.4.